The predicted molar refractivity (Wildman–Crippen MR) is 113 cm³/mol. The molecular formula is C23H21N3S. The highest BCUT2D eigenvalue weighted by Gasteiger charge is 2.26. The van der Waals surface area contributed by atoms with Crippen molar-refractivity contribution in [3.05, 3.63) is 78.1 Å². The Labute approximate surface area is 163 Å². The normalized spacial score (nSPS) is 16.3. The van der Waals surface area contributed by atoms with Crippen molar-refractivity contribution in [3.8, 4) is 10.4 Å². The summed E-state index contributed by atoms with van der Waals surface area (Å²) in [7, 11) is 2.17. The van der Waals surface area contributed by atoms with Gasteiger partial charge in [0.05, 0.1) is 11.4 Å². The second-order valence-electron chi connectivity index (χ2n) is 7.11. The van der Waals surface area contributed by atoms with Crippen LogP contribution in [0.25, 0.3) is 20.7 Å². The highest BCUT2D eigenvalue weighted by atomic mass is 32.1. The highest BCUT2D eigenvalue weighted by Crippen LogP contribution is 2.40. The molecule has 1 aliphatic carbocycles. The Bertz CT molecular complexity index is 1090. The number of benzene rings is 2. The number of fused-ring (bicyclic) bond motifs is 2. The Morgan fingerprint density at radius 1 is 1.00 bits per heavy atom. The number of hydrogen-bond acceptors (Lipinski definition) is 4. The van der Waals surface area contributed by atoms with E-state index in [0.717, 1.165) is 22.5 Å². The molecule has 27 heavy (non-hydrogen) atoms. The Kier molecular flexibility index (Phi) is 4.13. The molecule has 1 unspecified atom stereocenters. The largest absolute Gasteiger partial charge is 0.352 e. The van der Waals surface area contributed by atoms with Crippen LogP contribution in [0.2, 0.25) is 0 Å². The SMILES string of the molecule is CN(c1ncnc2sc(-c3ccccc3)cc12)C1CCCc2ccccc21. The molecule has 0 saturated carbocycles. The predicted octanol–water partition coefficient (Wildman–Crippen LogP) is 5.87. The Morgan fingerprint density at radius 2 is 1.81 bits per heavy atom. The summed E-state index contributed by atoms with van der Waals surface area (Å²) >= 11 is 1.74. The molecule has 3 nitrogen and oxygen atoms in total. The van der Waals surface area contributed by atoms with Crippen LogP contribution in [0, 0.1) is 0 Å². The van der Waals surface area contributed by atoms with E-state index >= 15 is 0 Å². The van der Waals surface area contributed by atoms with Crippen molar-refractivity contribution in [1.82, 2.24) is 9.97 Å². The second kappa shape index (κ2) is 6.78. The van der Waals surface area contributed by atoms with Crippen molar-refractivity contribution in [2.24, 2.45) is 0 Å². The van der Waals surface area contributed by atoms with Crippen molar-refractivity contribution >= 4 is 27.4 Å². The van der Waals surface area contributed by atoms with E-state index in [4.69, 9.17) is 0 Å². The molecule has 0 aliphatic heterocycles. The zero-order valence-electron chi connectivity index (χ0n) is 15.3. The average molecular weight is 372 g/mol. The lowest BCUT2D eigenvalue weighted by Crippen LogP contribution is -2.28. The van der Waals surface area contributed by atoms with Crippen LogP contribution in [-0.2, 0) is 6.42 Å². The van der Waals surface area contributed by atoms with Gasteiger partial charge in [0.1, 0.15) is 17.0 Å². The Morgan fingerprint density at radius 3 is 2.70 bits per heavy atom. The van der Waals surface area contributed by atoms with Gasteiger partial charge in [0.15, 0.2) is 0 Å². The first-order valence-corrected chi connectivity index (χ1v) is 10.2. The van der Waals surface area contributed by atoms with Crippen molar-refractivity contribution in [2.75, 3.05) is 11.9 Å². The molecule has 134 valence electrons. The molecule has 2 aromatic heterocycles. The lowest BCUT2D eigenvalue weighted by atomic mass is 9.87. The maximum atomic E-state index is 4.68. The fraction of sp³-hybridized carbons (Fsp3) is 0.217. The van der Waals surface area contributed by atoms with Gasteiger partial charge in [-0.1, -0.05) is 54.6 Å². The number of rotatable bonds is 3. The molecule has 0 N–H and O–H groups in total. The van der Waals surface area contributed by atoms with E-state index in [-0.39, 0.29) is 0 Å². The molecule has 0 spiro atoms. The molecule has 2 aromatic carbocycles. The van der Waals surface area contributed by atoms with Gasteiger partial charge in [0.2, 0.25) is 0 Å². The third kappa shape index (κ3) is 2.90. The summed E-state index contributed by atoms with van der Waals surface area (Å²) in [6, 6.07) is 22.0. The summed E-state index contributed by atoms with van der Waals surface area (Å²) in [5, 5.41) is 1.15. The van der Waals surface area contributed by atoms with Gasteiger partial charge in [0, 0.05) is 11.9 Å². The van der Waals surface area contributed by atoms with Gasteiger partial charge in [-0.3, -0.25) is 0 Å². The molecule has 0 fully saturated rings. The van der Waals surface area contributed by atoms with Crippen LogP contribution < -0.4 is 4.90 Å². The van der Waals surface area contributed by atoms with Crippen LogP contribution in [0.3, 0.4) is 0 Å². The maximum Gasteiger partial charge on any atom is 0.141 e. The van der Waals surface area contributed by atoms with Crippen LogP contribution in [0.1, 0.15) is 30.0 Å². The zero-order valence-corrected chi connectivity index (χ0v) is 16.1. The smallest absolute Gasteiger partial charge is 0.141 e. The summed E-state index contributed by atoms with van der Waals surface area (Å²) in [5.41, 5.74) is 4.15. The number of nitrogens with zero attached hydrogens (tertiary/aromatic N) is 3. The van der Waals surface area contributed by atoms with E-state index in [2.05, 4.69) is 82.6 Å². The third-order valence-electron chi connectivity index (χ3n) is 5.51. The van der Waals surface area contributed by atoms with Crippen LogP contribution in [0.5, 0.6) is 0 Å². The van der Waals surface area contributed by atoms with Crippen molar-refractivity contribution in [1.29, 1.82) is 0 Å². The standard InChI is InChI=1S/C23H21N3S/c1-26(20-13-7-11-16-8-5-6-12-18(16)20)22-19-14-21(17-9-3-2-4-10-17)27-23(19)25-15-24-22/h2-6,8-10,12,14-15,20H,7,11,13H2,1H3. The fourth-order valence-corrected chi connectivity index (χ4v) is 5.15. The number of anilines is 1. The molecule has 1 aliphatic rings. The zero-order chi connectivity index (χ0) is 18.2. The highest BCUT2D eigenvalue weighted by molar-refractivity contribution is 7.21. The van der Waals surface area contributed by atoms with E-state index in [1.54, 1.807) is 17.7 Å². The summed E-state index contributed by atoms with van der Waals surface area (Å²) < 4.78 is 0. The van der Waals surface area contributed by atoms with Gasteiger partial charge >= 0.3 is 0 Å². The van der Waals surface area contributed by atoms with E-state index in [1.165, 1.54) is 34.4 Å². The lowest BCUT2D eigenvalue weighted by molar-refractivity contribution is 0.543. The molecule has 2 heterocycles. The van der Waals surface area contributed by atoms with Crippen molar-refractivity contribution in [3.63, 3.8) is 0 Å². The van der Waals surface area contributed by atoms with Gasteiger partial charge in [-0.2, -0.15) is 0 Å². The van der Waals surface area contributed by atoms with Gasteiger partial charge in [0.25, 0.3) is 0 Å². The first-order chi connectivity index (χ1) is 13.3. The summed E-state index contributed by atoms with van der Waals surface area (Å²) in [6.07, 6.45) is 5.26. The number of aryl methyl sites for hydroxylation is 1. The molecule has 0 bridgehead atoms. The topological polar surface area (TPSA) is 29.0 Å². The molecule has 1 atom stereocenters. The third-order valence-corrected chi connectivity index (χ3v) is 6.60. The average Bonchev–Trinajstić information content (AvgIpc) is 3.18. The quantitative estimate of drug-likeness (QED) is 0.451. The Hall–Kier alpha value is -2.72. The summed E-state index contributed by atoms with van der Waals surface area (Å²) in [4.78, 5) is 13.9. The van der Waals surface area contributed by atoms with E-state index in [1.807, 2.05) is 0 Å². The fourth-order valence-electron chi connectivity index (χ4n) is 4.15. The van der Waals surface area contributed by atoms with Crippen LogP contribution in [0.4, 0.5) is 5.82 Å². The maximum absolute atomic E-state index is 4.68. The lowest BCUT2D eigenvalue weighted by Gasteiger charge is -2.34. The number of aromatic nitrogens is 2. The van der Waals surface area contributed by atoms with Gasteiger partial charge in [-0.25, -0.2) is 9.97 Å². The van der Waals surface area contributed by atoms with Crippen molar-refractivity contribution in [2.45, 2.75) is 25.3 Å². The first kappa shape index (κ1) is 16.5. The first-order valence-electron chi connectivity index (χ1n) is 9.42. The van der Waals surface area contributed by atoms with E-state index < -0.39 is 0 Å². The minimum Gasteiger partial charge on any atom is -0.352 e. The van der Waals surface area contributed by atoms with E-state index in [9.17, 15) is 0 Å². The summed E-state index contributed by atoms with van der Waals surface area (Å²) in [6.45, 7) is 0. The van der Waals surface area contributed by atoms with Gasteiger partial charge < -0.3 is 4.90 Å². The molecule has 4 heteroatoms. The molecule has 4 aromatic rings. The molecule has 0 radical (unpaired) electrons. The van der Waals surface area contributed by atoms with Crippen molar-refractivity contribution < 1.29 is 0 Å². The minimum atomic E-state index is 0.369. The van der Waals surface area contributed by atoms with E-state index in [0.29, 0.717) is 6.04 Å². The molecule has 0 saturated heterocycles. The second-order valence-corrected chi connectivity index (χ2v) is 8.14. The number of thiophene rings is 1. The molecular weight excluding hydrogens is 350 g/mol. The molecule has 5 rings (SSSR count). The van der Waals surface area contributed by atoms with Crippen LogP contribution in [0.15, 0.2) is 67.0 Å². The Balaban J connectivity index is 1.58. The van der Waals surface area contributed by atoms with Crippen LogP contribution >= 0.6 is 11.3 Å². The summed E-state index contributed by atoms with van der Waals surface area (Å²) in [5.74, 6) is 1.03. The van der Waals surface area contributed by atoms with Gasteiger partial charge in [-0.15, -0.1) is 11.3 Å². The van der Waals surface area contributed by atoms with Gasteiger partial charge in [-0.05, 0) is 42.0 Å². The number of hydrogen-bond donors (Lipinski definition) is 0. The molecule has 0 amide bonds. The van der Waals surface area contributed by atoms with Crippen LogP contribution in [-0.4, -0.2) is 17.0 Å². The minimum absolute atomic E-state index is 0.369. The monoisotopic (exact) mass is 371 g/mol.